The first-order valence-corrected chi connectivity index (χ1v) is 10.5. The number of carbonyl (C=O) groups is 1. The summed E-state index contributed by atoms with van der Waals surface area (Å²) in [5.41, 5.74) is 4.38. The van der Waals surface area contributed by atoms with Gasteiger partial charge in [0.15, 0.2) is 0 Å². The molecule has 0 aliphatic heterocycles. The van der Waals surface area contributed by atoms with Gasteiger partial charge in [-0.3, -0.25) is 4.79 Å². The third-order valence-corrected chi connectivity index (χ3v) is 5.51. The Morgan fingerprint density at radius 1 is 0.963 bits per heavy atom. The minimum absolute atomic E-state index is 0.0661. The average Bonchev–Trinajstić information content (AvgIpc) is 2.68. The van der Waals surface area contributed by atoms with Crippen LogP contribution in [0.4, 0.5) is 5.69 Å². The Morgan fingerprint density at radius 2 is 1.70 bits per heavy atom. The minimum atomic E-state index is 0.0661. The van der Waals surface area contributed by atoms with Gasteiger partial charge in [-0.25, -0.2) is 0 Å². The number of rotatable bonds is 6. The molecule has 3 rings (SSSR count). The number of hydrogen-bond acceptors (Lipinski definition) is 2. The van der Waals surface area contributed by atoms with Crippen LogP contribution in [0.1, 0.15) is 73.4 Å². The molecule has 1 aliphatic rings. The van der Waals surface area contributed by atoms with Gasteiger partial charge in [0.2, 0.25) is 0 Å². The zero-order valence-electron chi connectivity index (χ0n) is 16.5. The Balaban J connectivity index is 1.59. The van der Waals surface area contributed by atoms with Crippen molar-refractivity contribution in [3.8, 4) is 0 Å². The van der Waals surface area contributed by atoms with Crippen molar-refractivity contribution in [2.45, 2.75) is 70.9 Å². The molecule has 2 aromatic rings. The van der Waals surface area contributed by atoms with Gasteiger partial charge in [0.1, 0.15) is 0 Å². The molecule has 144 valence electrons. The van der Waals surface area contributed by atoms with Crippen LogP contribution in [0, 0.1) is 0 Å². The lowest BCUT2D eigenvalue weighted by Crippen LogP contribution is -2.35. The predicted octanol–water partition coefficient (Wildman–Crippen LogP) is 5.70. The molecule has 2 N–H and O–H groups in total. The molecule has 1 aliphatic carbocycles. The Labute approximate surface area is 163 Å². The molecular formula is C24H32N2O. The van der Waals surface area contributed by atoms with Crippen LogP contribution < -0.4 is 10.6 Å². The maximum Gasteiger partial charge on any atom is 0.251 e. The fraction of sp³-hybridized carbons (Fsp3) is 0.458. The fourth-order valence-electron chi connectivity index (χ4n) is 3.89. The van der Waals surface area contributed by atoms with Gasteiger partial charge in [-0.05, 0) is 48.6 Å². The summed E-state index contributed by atoms with van der Waals surface area (Å²) in [7, 11) is 0. The molecule has 27 heavy (non-hydrogen) atoms. The number of anilines is 1. The van der Waals surface area contributed by atoms with E-state index in [1.165, 1.54) is 43.4 Å². The Morgan fingerprint density at radius 3 is 2.48 bits per heavy atom. The summed E-state index contributed by atoms with van der Waals surface area (Å²) in [5.74, 6) is 0.0661. The van der Waals surface area contributed by atoms with Crippen molar-refractivity contribution in [2.24, 2.45) is 0 Å². The van der Waals surface area contributed by atoms with E-state index in [1.807, 2.05) is 18.2 Å². The molecule has 1 fully saturated rings. The van der Waals surface area contributed by atoms with E-state index in [1.54, 1.807) is 0 Å². The Bertz CT molecular complexity index is 733. The van der Waals surface area contributed by atoms with Crippen LogP contribution in [-0.2, 0) is 13.0 Å². The standard InChI is InChI=1S/C24H32N2O/c1-2-20-12-8-9-16-23(20)25-18-19-11-10-13-21(17-19)24(27)26-22-14-6-4-3-5-7-15-22/h8-13,16-17,22,25H,2-7,14-15,18H2,1H3,(H,26,27). The number of amides is 1. The van der Waals surface area contributed by atoms with Crippen molar-refractivity contribution in [2.75, 3.05) is 5.32 Å². The van der Waals surface area contributed by atoms with Gasteiger partial charge >= 0.3 is 0 Å². The SMILES string of the molecule is CCc1ccccc1NCc1cccc(C(=O)NC2CCCCCCC2)c1. The topological polar surface area (TPSA) is 41.1 Å². The third-order valence-electron chi connectivity index (χ3n) is 5.51. The molecule has 0 aromatic heterocycles. The average molecular weight is 365 g/mol. The first-order chi connectivity index (χ1) is 13.3. The maximum atomic E-state index is 12.7. The van der Waals surface area contributed by atoms with Gasteiger partial charge in [-0.2, -0.15) is 0 Å². The minimum Gasteiger partial charge on any atom is -0.381 e. The highest BCUT2D eigenvalue weighted by Gasteiger charge is 2.15. The van der Waals surface area contributed by atoms with Crippen LogP contribution in [-0.4, -0.2) is 11.9 Å². The Kier molecular flexibility index (Phi) is 7.32. The summed E-state index contributed by atoms with van der Waals surface area (Å²) in [6.45, 7) is 2.89. The second-order valence-corrected chi connectivity index (χ2v) is 7.58. The van der Waals surface area contributed by atoms with Gasteiger partial charge < -0.3 is 10.6 Å². The quantitative estimate of drug-likeness (QED) is 0.690. The molecule has 0 spiro atoms. The predicted molar refractivity (Wildman–Crippen MR) is 113 cm³/mol. The zero-order valence-corrected chi connectivity index (χ0v) is 16.5. The van der Waals surface area contributed by atoms with E-state index >= 15 is 0 Å². The first kappa shape index (κ1) is 19.5. The van der Waals surface area contributed by atoms with Crippen molar-refractivity contribution < 1.29 is 4.79 Å². The van der Waals surface area contributed by atoms with E-state index in [-0.39, 0.29) is 5.91 Å². The second kappa shape index (κ2) is 10.1. The van der Waals surface area contributed by atoms with Crippen molar-refractivity contribution >= 4 is 11.6 Å². The smallest absolute Gasteiger partial charge is 0.251 e. The normalized spacial score (nSPS) is 15.6. The van der Waals surface area contributed by atoms with Crippen LogP contribution in [0.15, 0.2) is 48.5 Å². The third kappa shape index (κ3) is 5.85. The monoisotopic (exact) mass is 364 g/mol. The second-order valence-electron chi connectivity index (χ2n) is 7.58. The lowest BCUT2D eigenvalue weighted by molar-refractivity contribution is 0.0930. The van der Waals surface area contributed by atoms with E-state index in [2.05, 4.69) is 47.9 Å². The summed E-state index contributed by atoms with van der Waals surface area (Å²) in [6, 6.07) is 16.7. The molecule has 0 heterocycles. The molecule has 0 bridgehead atoms. The molecule has 0 unspecified atom stereocenters. The van der Waals surface area contributed by atoms with Gasteiger partial charge in [0.05, 0.1) is 0 Å². The molecular weight excluding hydrogens is 332 g/mol. The lowest BCUT2D eigenvalue weighted by atomic mass is 9.96. The fourth-order valence-corrected chi connectivity index (χ4v) is 3.89. The summed E-state index contributed by atoms with van der Waals surface area (Å²) in [4.78, 5) is 12.7. The number of aryl methyl sites for hydroxylation is 1. The molecule has 3 heteroatoms. The summed E-state index contributed by atoms with van der Waals surface area (Å²) in [6.07, 6.45) is 9.63. The summed E-state index contributed by atoms with van der Waals surface area (Å²) < 4.78 is 0. The number of para-hydroxylation sites is 1. The molecule has 2 aromatic carbocycles. The van der Waals surface area contributed by atoms with E-state index in [0.717, 1.165) is 36.9 Å². The van der Waals surface area contributed by atoms with Crippen molar-refractivity contribution in [1.29, 1.82) is 0 Å². The van der Waals surface area contributed by atoms with Crippen LogP contribution >= 0.6 is 0 Å². The molecule has 0 saturated heterocycles. The zero-order chi connectivity index (χ0) is 18.9. The van der Waals surface area contributed by atoms with Crippen LogP contribution in [0.25, 0.3) is 0 Å². The largest absolute Gasteiger partial charge is 0.381 e. The van der Waals surface area contributed by atoms with E-state index < -0.39 is 0 Å². The van der Waals surface area contributed by atoms with Gasteiger partial charge in [-0.1, -0.05) is 69.4 Å². The van der Waals surface area contributed by atoms with E-state index in [4.69, 9.17) is 0 Å². The maximum absolute atomic E-state index is 12.7. The van der Waals surface area contributed by atoms with Crippen LogP contribution in [0.3, 0.4) is 0 Å². The van der Waals surface area contributed by atoms with Gasteiger partial charge in [-0.15, -0.1) is 0 Å². The Hall–Kier alpha value is -2.29. The number of carbonyl (C=O) groups excluding carboxylic acids is 1. The molecule has 0 radical (unpaired) electrons. The lowest BCUT2D eigenvalue weighted by Gasteiger charge is -2.21. The van der Waals surface area contributed by atoms with Crippen molar-refractivity contribution in [1.82, 2.24) is 5.32 Å². The molecule has 0 atom stereocenters. The molecule has 3 nitrogen and oxygen atoms in total. The first-order valence-electron chi connectivity index (χ1n) is 10.5. The van der Waals surface area contributed by atoms with Gasteiger partial charge in [0, 0.05) is 23.8 Å². The molecule has 1 saturated carbocycles. The highest BCUT2D eigenvalue weighted by molar-refractivity contribution is 5.94. The highest BCUT2D eigenvalue weighted by atomic mass is 16.1. The van der Waals surface area contributed by atoms with E-state index in [9.17, 15) is 4.79 Å². The summed E-state index contributed by atoms with van der Waals surface area (Å²) in [5, 5.41) is 6.77. The number of hydrogen-bond donors (Lipinski definition) is 2. The van der Waals surface area contributed by atoms with Crippen LogP contribution in [0.5, 0.6) is 0 Å². The van der Waals surface area contributed by atoms with E-state index in [0.29, 0.717) is 6.04 Å². The van der Waals surface area contributed by atoms with Gasteiger partial charge in [0.25, 0.3) is 5.91 Å². The number of nitrogens with one attached hydrogen (secondary N) is 2. The van der Waals surface area contributed by atoms with Crippen LogP contribution in [0.2, 0.25) is 0 Å². The molecule has 1 amide bonds. The van der Waals surface area contributed by atoms with Crippen molar-refractivity contribution in [3.05, 3.63) is 65.2 Å². The number of benzene rings is 2. The highest BCUT2D eigenvalue weighted by Crippen LogP contribution is 2.19. The van der Waals surface area contributed by atoms with Crippen molar-refractivity contribution in [3.63, 3.8) is 0 Å². The summed E-state index contributed by atoms with van der Waals surface area (Å²) >= 11 is 0.